The monoisotopic (exact) mass is 458 g/mol. The van der Waals surface area contributed by atoms with Crippen molar-refractivity contribution in [1.29, 1.82) is 0 Å². The Hall–Kier alpha value is -0.203. The Morgan fingerprint density at radius 3 is 1.84 bits per heavy atom. The van der Waals surface area contributed by atoms with E-state index in [1.807, 2.05) is 6.08 Å². The number of unbranched alkanes of at least 4 members (excludes halogenated alkanes) is 10. The lowest BCUT2D eigenvalue weighted by molar-refractivity contribution is -0.0291. The zero-order valence-corrected chi connectivity index (χ0v) is 22.5. The highest BCUT2D eigenvalue weighted by molar-refractivity contribution is 6.74. The summed E-state index contributed by atoms with van der Waals surface area (Å²) in [6.07, 6.45) is 17.6. The first-order valence-electron chi connectivity index (χ1n) is 12.8. The zero-order chi connectivity index (χ0) is 23.8. The van der Waals surface area contributed by atoms with E-state index in [9.17, 15) is 15.3 Å². The molecule has 0 aromatic carbocycles. The van der Waals surface area contributed by atoms with Gasteiger partial charge in [-0.15, -0.1) is 0 Å². The molecule has 3 atom stereocenters. The molecule has 0 radical (unpaired) electrons. The summed E-state index contributed by atoms with van der Waals surface area (Å²) in [4.78, 5) is 0. The number of aliphatic hydroxyl groups excluding tert-OH is 3. The van der Waals surface area contributed by atoms with Gasteiger partial charge in [0.05, 0.1) is 18.8 Å². The van der Waals surface area contributed by atoms with Gasteiger partial charge in [-0.05, 0) is 37.4 Å². The smallest absolute Gasteiger partial charge is 0.192 e. The summed E-state index contributed by atoms with van der Waals surface area (Å²) in [5.74, 6) is 0. The molecule has 31 heavy (non-hydrogen) atoms. The Bertz CT molecular complexity index is 445. The molecule has 5 heteroatoms. The molecule has 0 spiro atoms. The fourth-order valence-corrected chi connectivity index (χ4v) is 4.81. The van der Waals surface area contributed by atoms with Crippen LogP contribution in [0.4, 0.5) is 0 Å². The Labute approximate surface area is 194 Å². The largest absolute Gasteiger partial charge is 0.411 e. The normalized spacial score (nSPS) is 16.0. The predicted molar refractivity (Wildman–Crippen MR) is 136 cm³/mol. The van der Waals surface area contributed by atoms with Crippen molar-refractivity contribution < 1.29 is 19.7 Å². The first-order valence-corrected chi connectivity index (χ1v) is 15.8. The standard InChI is InChI=1S/C26H54O4Si/c1-7-8-9-10-11-12-13-14-15-16-17-18-19-20-23(28)21-25(24(29)22-27)30-31(5,6)26(2,3)4/h18-19,23-25,27-29H,7-17,20-22H2,1-6H3/b19-18+/t23-,24+,25-/m0/s1. The summed E-state index contributed by atoms with van der Waals surface area (Å²) in [6.45, 7) is 12.6. The van der Waals surface area contributed by atoms with Crippen molar-refractivity contribution in [2.45, 2.75) is 148 Å². The Kier molecular flexibility index (Phi) is 17.2. The van der Waals surface area contributed by atoms with Crippen LogP contribution in [-0.2, 0) is 4.43 Å². The summed E-state index contributed by atoms with van der Waals surface area (Å²) in [5.41, 5.74) is 0. The molecule has 0 saturated carbocycles. The fraction of sp³-hybridized carbons (Fsp3) is 0.923. The van der Waals surface area contributed by atoms with Crippen molar-refractivity contribution >= 4 is 8.32 Å². The van der Waals surface area contributed by atoms with Crippen molar-refractivity contribution in [2.24, 2.45) is 0 Å². The molecule has 0 aromatic rings. The van der Waals surface area contributed by atoms with E-state index >= 15 is 0 Å². The third-order valence-corrected chi connectivity index (χ3v) is 11.2. The van der Waals surface area contributed by atoms with Crippen LogP contribution in [0.2, 0.25) is 18.1 Å². The lowest BCUT2D eigenvalue weighted by Gasteiger charge is -2.40. The van der Waals surface area contributed by atoms with E-state index in [1.54, 1.807) is 0 Å². The molecular formula is C26H54O4Si. The van der Waals surface area contributed by atoms with Crippen LogP contribution in [0, 0.1) is 0 Å². The molecule has 0 aliphatic rings. The Morgan fingerprint density at radius 2 is 1.35 bits per heavy atom. The van der Waals surface area contributed by atoms with Crippen LogP contribution in [0.1, 0.15) is 111 Å². The molecule has 3 N–H and O–H groups in total. The van der Waals surface area contributed by atoms with E-state index in [0.29, 0.717) is 12.8 Å². The molecule has 0 bridgehead atoms. The van der Waals surface area contributed by atoms with Crippen molar-refractivity contribution in [2.75, 3.05) is 6.61 Å². The fourth-order valence-electron chi connectivity index (χ4n) is 3.44. The summed E-state index contributed by atoms with van der Waals surface area (Å²) in [5, 5.41) is 30.1. The maximum absolute atomic E-state index is 10.4. The van der Waals surface area contributed by atoms with Crippen LogP contribution in [0.15, 0.2) is 12.2 Å². The second-order valence-corrected chi connectivity index (χ2v) is 15.5. The van der Waals surface area contributed by atoms with Crippen molar-refractivity contribution in [3.8, 4) is 0 Å². The molecule has 0 unspecified atom stereocenters. The van der Waals surface area contributed by atoms with Crippen LogP contribution in [0.3, 0.4) is 0 Å². The number of hydrogen-bond acceptors (Lipinski definition) is 4. The van der Waals surface area contributed by atoms with Crippen LogP contribution >= 0.6 is 0 Å². The average Bonchev–Trinajstić information content (AvgIpc) is 2.69. The first kappa shape index (κ1) is 30.8. The minimum atomic E-state index is -2.09. The summed E-state index contributed by atoms with van der Waals surface area (Å²) in [6, 6.07) is 0. The molecule has 0 aromatic heterocycles. The van der Waals surface area contributed by atoms with Gasteiger partial charge in [-0.1, -0.05) is 97.6 Å². The van der Waals surface area contributed by atoms with E-state index < -0.39 is 26.6 Å². The molecule has 0 aliphatic heterocycles. The zero-order valence-electron chi connectivity index (χ0n) is 21.5. The van der Waals surface area contributed by atoms with Crippen LogP contribution < -0.4 is 0 Å². The van der Waals surface area contributed by atoms with Gasteiger partial charge >= 0.3 is 0 Å². The highest BCUT2D eigenvalue weighted by atomic mass is 28.4. The van der Waals surface area contributed by atoms with Crippen LogP contribution in [0.5, 0.6) is 0 Å². The molecular weight excluding hydrogens is 404 g/mol. The average molecular weight is 459 g/mol. The van der Waals surface area contributed by atoms with Crippen LogP contribution in [-0.4, -0.2) is 48.6 Å². The molecule has 186 valence electrons. The highest BCUT2D eigenvalue weighted by Gasteiger charge is 2.40. The molecule has 0 aliphatic carbocycles. The maximum atomic E-state index is 10.4. The molecule has 0 fully saturated rings. The maximum Gasteiger partial charge on any atom is 0.192 e. The quantitative estimate of drug-likeness (QED) is 0.114. The van der Waals surface area contributed by atoms with Gasteiger partial charge in [-0.2, -0.15) is 0 Å². The second kappa shape index (κ2) is 17.3. The number of aliphatic hydroxyl groups is 3. The summed E-state index contributed by atoms with van der Waals surface area (Å²) < 4.78 is 6.29. The van der Waals surface area contributed by atoms with Crippen LogP contribution in [0.25, 0.3) is 0 Å². The third-order valence-electron chi connectivity index (χ3n) is 6.67. The number of allylic oxidation sites excluding steroid dienone is 1. The van der Waals surface area contributed by atoms with E-state index in [1.165, 1.54) is 64.2 Å². The molecule has 0 heterocycles. The van der Waals surface area contributed by atoms with E-state index in [4.69, 9.17) is 4.43 Å². The van der Waals surface area contributed by atoms with E-state index in [2.05, 4.69) is 46.9 Å². The second-order valence-electron chi connectivity index (χ2n) is 10.7. The van der Waals surface area contributed by atoms with Gasteiger partial charge in [0.1, 0.15) is 6.10 Å². The lowest BCUT2D eigenvalue weighted by Crippen LogP contribution is -2.48. The van der Waals surface area contributed by atoms with Gasteiger partial charge < -0.3 is 19.7 Å². The van der Waals surface area contributed by atoms with Gasteiger partial charge in [-0.25, -0.2) is 0 Å². The molecule has 0 rings (SSSR count). The minimum absolute atomic E-state index is 0.0142. The molecule has 0 amide bonds. The van der Waals surface area contributed by atoms with Gasteiger partial charge in [0, 0.05) is 6.42 Å². The lowest BCUT2D eigenvalue weighted by atomic mass is 10.0. The van der Waals surface area contributed by atoms with E-state index in [-0.39, 0.29) is 11.6 Å². The SMILES string of the molecule is CCCCCCCCCCCC/C=C/C[C@H](O)C[C@H](O[Si](C)(C)C(C)(C)C)[C@H](O)CO. The minimum Gasteiger partial charge on any atom is -0.411 e. The third kappa shape index (κ3) is 15.3. The van der Waals surface area contributed by atoms with Crippen molar-refractivity contribution in [1.82, 2.24) is 0 Å². The topological polar surface area (TPSA) is 69.9 Å². The van der Waals surface area contributed by atoms with Crippen molar-refractivity contribution in [3.63, 3.8) is 0 Å². The Balaban J connectivity index is 4.07. The summed E-state index contributed by atoms with van der Waals surface area (Å²) >= 11 is 0. The van der Waals surface area contributed by atoms with Crippen molar-refractivity contribution in [3.05, 3.63) is 12.2 Å². The predicted octanol–water partition coefficient (Wildman–Crippen LogP) is 6.74. The van der Waals surface area contributed by atoms with E-state index in [0.717, 1.165) is 6.42 Å². The molecule has 0 saturated heterocycles. The summed E-state index contributed by atoms with van der Waals surface area (Å²) in [7, 11) is -2.09. The first-order chi connectivity index (χ1) is 14.5. The molecule has 4 nitrogen and oxygen atoms in total. The number of rotatable bonds is 19. The van der Waals surface area contributed by atoms with Gasteiger partial charge in [-0.3, -0.25) is 0 Å². The highest BCUT2D eigenvalue weighted by Crippen LogP contribution is 2.38. The van der Waals surface area contributed by atoms with Gasteiger partial charge in [0.2, 0.25) is 0 Å². The number of hydrogen-bond donors (Lipinski definition) is 3. The van der Waals surface area contributed by atoms with Gasteiger partial charge in [0.15, 0.2) is 8.32 Å². The Morgan fingerprint density at radius 1 is 0.839 bits per heavy atom. The van der Waals surface area contributed by atoms with Gasteiger partial charge in [0.25, 0.3) is 0 Å².